The van der Waals surface area contributed by atoms with Gasteiger partial charge in [0, 0.05) is 28.1 Å². The van der Waals surface area contributed by atoms with E-state index in [9.17, 15) is 9.59 Å². The maximum Gasteiger partial charge on any atom is 0.336 e. The molecule has 0 amide bonds. The summed E-state index contributed by atoms with van der Waals surface area (Å²) in [7, 11) is 0. The third-order valence-corrected chi connectivity index (χ3v) is 4.39. The van der Waals surface area contributed by atoms with Crippen molar-refractivity contribution in [1.29, 1.82) is 0 Å². The maximum atomic E-state index is 12.2. The minimum atomic E-state index is -0.377. The highest BCUT2D eigenvalue weighted by molar-refractivity contribution is 6.30. The van der Waals surface area contributed by atoms with Gasteiger partial charge < -0.3 is 9.15 Å². The molecule has 1 aromatic heterocycles. The van der Waals surface area contributed by atoms with E-state index < -0.39 is 0 Å². The average Bonchev–Trinajstić information content (AvgIpc) is 2.64. The van der Waals surface area contributed by atoms with Gasteiger partial charge in [-0.2, -0.15) is 0 Å². The molecule has 0 saturated heterocycles. The molecule has 1 heterocycles. The molecule has 26 heavy (non-hydrogen) atoms. The fourth-order valence-corrected chi connectivity index (χ4v) is 2.87. The molecular formula is C21H19ClO4. The predicted octanol–water partition coefficient (Wildman–Crippen LogP) is 5.05. The quantitative estimate of drug-likeness (QED) is 0.431. The highest BCUT2D eigenvalue weighted by atomic mass is 35.5. The van der Waals surface area contributed by atoms with Gasteiger partial charge in [0.2, 0.25) is 0 Å². The summed E-state index contributed by atoms with van der Waals surface area (Å²) in [5, 5.41) is 1.47. The Kier molecular flexibility index (Phi) is 5.74. The Balaban J connectivity index is 1.77. The largest absolute Gasteiger partial charge is 0.485 e. The minimum absolute atomic E-state index is 0.104. The highest BCUT2D eigenvalue weighted by Crippen LogP contribution is 2.24. The molecule has 0 aliphatic heterocycles. The maximum absolute atomic E-state index is 12.2. The van der Waals surface area contributed by atoms with Crippen LogP contribution in [0, 0.1) is 0 Å². The van der Waals surface area contributed by atoms with Crippen LogP contribution in [0.5, 0.6) is 5.75 Å². The molecule has 0 atom stereocenters. The van der Waals surface area contributed by atoms with E-state index in [0.29, 0.717) is 21.9 Å². The van der Waals surface area contributed by atoms with Gasteiger partial charge in [-0.05, 0) is 54.8 Å². The fourth-order valence-electron chi connectivity index (χ4n) is 2.74. The second-order valence-electron chi connectivity index (χ2n) is 6.07. The number of halogens is 1. The second-order valence-corrected chi connectivity index (χ2v) is 6.51. The predicted molar refractivity (Wildman–Crippen MR) is 102 cm³/mol. The molecule has 0 bridgehead atoms. The van der Waals surface area contributed by atoms with Crippen LogP contribution >= 0.6 is 11.6 Å². The van der Waals surface area contributed by atoms with E-state index in [1.165, 1.54) is 0 Å². The van der Waals surface area contributed by atoms with Crippen molar-refractivity contribution >= 4 is 28.4 Å². The summed E-state index contributed by atoms with van der Waals surface area (Å²) >= 11 is 5.82. The van der Waals surface area contributed by atoms with Gasteiger partial charge in [0.15, 0.2) is 12.4 Å². The standard InChI is InChI=1S/C21H19ClO4/c1-2-3-4-15-11-21(24)26-20-12-17(9-10-18(15)20)25-13-19(23)14-5-7-16(22)8-6-14/h5-12H,2-4,13H2,1H3. The molecule has 4 nitrogen and oxygen atoms in total. The Morgan fingerprint density at radius 2 is 1.88 bits per heavy atom. The van der Waals surface area contributed by atoms with Crippen LogP contribution < -0.4 is 10.4 Å². The first-order valence-corrected chi connectivity index (χ1v) is 8.93. The topological polar surface area (TPSA) is 56.5 Å². The van der Waals surface area contributed by atoms with Crippen molar-refractivity contribution in [2.75, 3.05) is 6.61 Å². The van der Waals surface area contributed by atoms with Crippen molar-refractivity contribution in [2.24, 2.45) is 0 Å². The van der Waals surface area contributed by atoms with Gasteiger partial charge in [0.1, 0.15) is 11.3 Å². The average molecular weight is 371 g/mol. The number of fused-ring (bicyclic) bond motifs is 1. The van der Waals surface area contributed by atoms with Gasteiger partial charge in [-0.1, -0.05) is 24.9 Å². The zero-order chi connectivity index (χ0) is 18.5. The number of hydrogen-bond acceptors (Lipinski definition) is 4. The fraction of sp³-hybridized carbons (Fsp3) is 0.238. The third kappa shape index (κ3) is 4.33. The smallest absolute Gasteiger partial charge is 0.336 e. The first-order chi connectivity index (χ1) is 12.6. The van der Waals surface area contributed by atoms with Gasteiger partial charge in [0.25, 0.3) is 0 Å². The first-order valence-electron chi connectivity index (χ1n) is 8.55. The van der Waals surface area contributed by atoms with Crippen LogP contribution in [0.3, 0.4) is 0 Å². The van der Waals surface area contributed by atoms with Crippen LogP contribution in [0.2, 0.25) is 5.02 Å². The van der Waals surface area contributed by atoms with Gasteiger partial charge in [0.05, 0.1) is 0 Å². The van der Waals surface area contributed by atoms with Crippen LogP contribution in [-0.4, -0.2) is 12.4 Å². The Morgan fingerprint density at radius 1 is 1.12 bits per heavy atom. The summed E-state index contributed by atoms with van der Waals surface area (Å²) in [6.45, 7) is 2.00. The molecular weight excluding hydrogens is 352 g/mol. The number of aryl methyl sites for hydroxylation is 1. The monoisotopic (exact) mass is 370 g/mol. The highest BCUT2D eigenvalue weighted by Gasteiger charge is 2.10. The summed E-state index contributed by atoms with van der Waals surface area (Å²) in [6.07, 6.45) is 2.88. The molecule has 134 valence electrons. The number of ketones is 1. The van der Waals surface area contributed by atoms with E-state index in [-0.39, 0.29) is 18.0 Å². The van der Waals surface area contributed by atoms with Crippen molar-refractivity contribution in [2.45, 2.75) is 26.2 Å². The number of rotatable bonds is 7. The number of Topliss-reactive ketones (excluding diaryl/α,β-unsaturated/α-hetero) is 1. The number of carbonyl (C=O) groups is 1. The van der Waals surface area contributed by atoms with Gasteiger partial charge >= 0.3 is 5.63 Å². The summed E-state index contributed by atoms with van der Waals surface area (Å²) in [4.78, 5) is 24.0. The van der Waals surface area contributed by atoms with E-state index in [1.54, 1.807) is 42.5 Å². The van der Waals surface area contributed by atoms with Gasteiger partial charge in [-0.15, -0.1) is 0 Å². The molecule has 0 aliphatic rings. The normalized spacial score (nSPS) is 10.8. The van der Waals surface area contributed by atoms with E-state index in [4.69, 9.17) is 20.8 Å². The molecule has 0 aliphatic carbocycles. The molecule has 0 saturated carbocycles. The zero-order valence-electron chi connectivity index (χ0n) is 14.5. The zero-order valence-corrected chi connectivity index (χ0v) is 15.2. The van der Waals surface area contributed by atoms with Crippen LogP contribution in [0.1, 0.15) is 35.7 Å². The van der Waals surface area contributed by atoms with Crippen molar-refractivity contribution in [3.8, 4) is 5.75 Å². The lowest BCUT2D eigenvalue weighted by molar-refractivity contribution is 0.0921. The molecule has 0 spiro atoms. The molecule has 0 unspecified atom stereocenters. The Morgan fingerprint density at radius 3 is 2.62 bits per heavy atom. The molecule has 0 fully saturated rings. The van der Waals surface area contributed by atoms with Crippen molar-refractivity contribution in [3.05, 3.63) is 75.1 Å². The number of unbranched alkanes of at least 4 members (excludes halogenated alkanes) is 1. The van der Waals surface area contributed by atoms with Crippen molar-refractivity contribution in [1.82, 2.24) is 0 Å². The third-order valence-electron chi connectivity index (χ3n) is 4.14. The van der Waals surface area contributed by atoms with E-state index in [0.717, 1.165) is 30.2 Å². The Labute approximate surface area is 156 Å². The minimum Gasteiger partial charge on any atom is -0.485 e. The Bertz CT molecular complexity index is 973. The van der Waals surface area contributed by atoms with E-state index in [1.807, 2.05) is 6.07 Å². The van der Waals surface area contributed by atoms with Crippen LogP contribution in [-0.2, 0) is 6.42 Å². The first kappa shape index (κ1) is 18.2. The van der Waals surface area contributed by atoms with Crippen LogP contribution in [0.4, 0.5) is 0 Å². The van der Waals surface area contributed by atoms with Gasteiger partial charge in [-0.25, -0.2) is 4.79 Å². The number of hydrogen-bond donors (Lipinski definition) is 0. The van der Waals surface area contributed by atoms with Crippen molar-refractivity contribution < 1.29 is 13.9 Å². The summed E-state index contributed by atoms with van der Waals surface area (Å²) < 4.78 is 10.9. The SMILES string of the molecule is CCCCc1cc(=O)oc2cc(OCC(=O)c3ccc(Cl)cc3)ccc12. The molecule has 5 heteroatoms. The van der Waals surface area contributed by atoms with E-state index >= 15 is 0 Å². The number of carbonyl (C=O) groups excluding carboxylic acids is 1. The number of benzene rings is 2. The van der Waals surface area contributed by atoms with Crippen LogP contribution in [0.25, 0.3) is 11.0 Å². The molecule has 3 rings (SSSR count). The lowest BCUT2D eigenvalue weighted by atomic mass is 10.0. The van der Waals surface area contributed by atoms with E-state index in [2.05, 4.69) is 6.92 Å². The Hall–Kier alpha value is -2.59. The molecule has 0 radical (unpaired) electrons. The number of ether oxygens (including phenoxy) is 1. The lowest BCUT2D eigenvalue weighted by Gasteiger charge is -2.08. The van der Waals surface area contributed by atoms with Crippen molar-refractivity contribution in [3.63, 3.8) is 0 Å². The summed E-state index contributed by atoms with van der Waals surface area (Å²) in [5.41, 5.74) is 1.60. The van der Waals surface area contributed by atoms with Gasteiger partial charge in [-0.3, -0.25) is 4.79 Å². The lowest BCUT2D eigenvalue weighted by Crippen LogP contribution is -2.11. The summed E-state index contributed by atoms with van der Waals surface area (Å²) in [6, 6.07) is 13.5. The molecule has 0 N–H and O–H groups in total. The molecule has 2 aromatic carbocycles. The molecule has 3 aromatic rings. The second kappa shape index (κ2) is 8.19. The summed E-state index contributed by atoms with van der Waals surface area (Å²) in [5.74, 6) is 0.329. The van der Waals surface area contributed by atoms with Crippen LogP contribution in [0.15, 0.2) is 57.7 Å².